The highest BCUT2D eigenvalue weighted by Crippen LogP contribution is 2.32. The van der Waals surface area contributed by atoms with Crippen LogP contribution in [0.2, 0.25) is 0 Å². The number of piperazine rings is 1. The van der Waals surface area contributed by atoms with E-state index in [-0.39, 0.29) is 5.91 Å². The maximum atomic E-state index is 12.5. The highest BCUT2D eigenvalue weighted by Gasteiger charge is 2.43. The highest BCUT2D eigenvalue weighted by molar-refractivity contribution is 7.09. The Kier molecular flexibility index (Phi) is 3.27. The summed E-state index contributed by atoms with van der Waals surface area (Å²) < 4.78 is 5.27. The van der Waals surface area contributed by atoms with E-state index in [1.807, 2.05) is 16.5 Å². The normalized spacial score (nSPS) is 25.4. The summed E-state index contributed by atoms with van der Waals surface area (Å²) in [5.74, 6) is 0.502. The molecular formula is C15H17N3O2S. The van der Waals surface area contributed by atoms with Gasteiger partial charge in [-0.2, -0.15) is 0 Å². The third-order valence-corrected chi connectivity index (χ3v) is 5.13. The Labute approximate surface area is 127 Å². The zero-order valence-corrected chi connectivity index (χ0v) is 12.5. The number of likely N-dealkylation sites (tertiary alicyclic amines) is 1. The molecule has 2 bridgehead atoms. The monoisotopic (exact) mass is 303 g/mol. The maximum Gasteiger partial charge on any atom is 0.290 e. The van der Waals surface area contributed by atoms with Gasteiger partial charge in [0.25, 0.3) is 5.91 Å². The number of carbonyl (C=O) groups is 1. The molecule has 2 atom stereocenters. The van der Waals surface area contributed by atoms with Crippen LogP contribution in [0.15, 0.2) is 34.4 Å². The zero-order valence-electron chi connectivity index (χ0n) is 11.6. The number of nitrogens with zero attached hydrogens (tertiary/aromatic N) is 3. The number of hydrogen-bond acceptors (Lipinski definition) is 5. The molecule has 0 spiro atoms. The van der Waals surface area contributed by atoms with Crippen molar-refractivity contribution >= 4 is 17.2 Å². The van der Waals surface area contributed by atoms with Crippen LogP contribution >= 0.6 is 11.3 Å². The third-order valence-electron chi connectivity index (χ3n) is 4.37. The number of furan rings is 1. The fourth-order valence-electron chi connectivity index (χ4n) is 3.50. The van der Waals surface area contributed by atoms with Crippen molar-refractivity contribution in [2.45, 2.75) is 31.5 Å². The molecular weight excluding hydrogens is 286 g/mol. The van der Waals surface area contributed by atoms with Crippen molar-refractivity contribution in [1.82, 2.24) is 14.8 Å². The highest BCUT2D eigenvalue weighted by atomic mass is 32.1. The number of rotatable bonds is 3. The molecule has 21 heavy (non-hydrogen) atoms. The van der Waals surface area contributed by atoms with Gasteiger partial charge in [-0.1, -0.05) is 0 Å². The summed E-state index contributed by atoms with van der Waals surface area (Å²) in [4.78, 5) is 21.4. The maximum absolute atomic E-state index is 12.5. The van der Waals surface area contributed by atoms with Crippen LogP contribution in [0.3, 0.4) is 0 Å². The first-order valence-electron chi connectivity index (χ1n) is 7.28. The van der Waals surface area contributed by atoms with Gasteiger partial charge in [0.2, 0.25) is 0 Å². The van der Waals surface area contributed by atoms with Gasteiger partial charge in [-0.05, 0) is 25.0 Å². The van der Waals surface area contributed by atoms with Crippen LogP contribution in [0, 0.1) is 0 Å². The van der Waals surface area contributed by atoms with Crippen LogP contribution in [-0.4, -0.2) is 45.9 Å². The van der Waals surface area contributed by atoms with Crippen molar-refractivity contribution in [3.05, 3.63) is 40.7 Å². The Bertz CT molecular complexity index is 597. The van der Waals surface area contributed by atoms with E-state index in [4.69, 9.17) is 4.42 Å². The third kappa shape index (κ3) is 2.38. The van der Waals surface area contributed by atoms with E-state index in [9.17, 15) is 4.79 Å². The first-order valence-corrected chi connectivity index (χ1v) is 8.16. The average molecular weight is 303 g/mol. The Hall–Kier alpha value is -1.66. The number of thiazole rings is 1. The number of carbonyl (C=O) groups excluding carboxylic acids is 1. The van der Waals surface area contributed by atoms with Crippen molar-refractivity contribution in [2.75, 3.05) is 13.1 Å². The van der Waals surface area contributed by atoms with Crippen LogP contribution in [0.1, 0.15) is 28.4 Å². The molecule has 1 amide bonds. The molecule has 4 rings (SSSR count). The number of aromatic nitrogens is 1. The minimum atomic E-state index is 0.0430. The molecule has 0 saturated carbocycles. The zero-order chi connectivity index (χ0) is 14.2. The molecule has 2 saturated heterocycles. The van der Waals surface area contributed by atoms with Gasteiger partial charge >= 0.3 is 0 Å². The molecule has 0 aliphatic carbocycles. The molecule has 110 valence electrons. The minimum Gasteiger partial charge on any atom is -0.459 e. The minimum absolute atomic E-state index is 0.0430. The molecule has 0 N–H and O–H groups in total. The van der Waals surface area contributed by atoms with Crippen molar-refractivity contribution < 1.29 is 9.21 Å². The van der Waals surface area contributed by atoms with Crippen molar-refractivity contribution in [3.63, 3.8) is 0 Å². The predicted molar refractivity (Wildman–Crippen MR) is 79.1 cm³/mol. The van der Waals surface area contributed by atoms with Crippen LogP contribution in [0.5, 0.6) is 0 Å². The summed E-state index contributed by atoms with van der Waals surface area (Å²) in [7, 11) is 0. The number of hydrogen-bond donors (Lipinski definition) is 0. The molecule has 5 nitrogen and oxygen atoms in total. The first kappa shape index (κ1) is 13.0. The first-order chi connectivity index (χ1) is 10.3. The van der Waals surface area contributed by atoms with Gasteiger partial charge in [-0.3, -0.25) is 9.69 Å². The van der Waals surface area contributed by atoms with Crippen molar-refractivity contribution in [3.8, 4) is 0 Å². The molecule has 0 radical (unpaired) electrons. The van der Waals surface area contributed by atoms with Gasteiger partial charge in [0.1, 0.15) is 5.01 Å². The second-order valence-electron chi connectivity index (χ2n) is 5.69. The van der Waals surface area contributed by atoms with E-state index >= 15 is 0 Å². The van der Waals surface area contributed by atoms with Gasteiger partial charge in [-0.25, -0.2) is 4.98 Å². The lowest BCUT2D eigenvalue weighted by Gasteiger charge is -2.40. The summed E-state index contributed by atoms with van der Waals surface area (Å²) in [5, 5.41) is 3.17. The van der Waals surface area contributed by atoms with Crippen LogP contribution in [0.25, 0.3) is 0 Å². The lowest BCUT2D eigenvalue weighted by molar-refractivity contribution is 0.0377. The van der Waals surface area contributed by atoms with Gasteiger partial charge in [0, 0.05) is 36.8 Å². The van der Waals surface area contributed by atoms with E-state index in [1.165, 1.54) is 0 Å². The van der Waals surface area contributed by atoms with Gasteiger partial charge < -0.3 is 9.32 Å². The lowest BCUT2D eigenvalue weighted by atomic mass is 10.1. The second-order valence-corrected chi connectivity index (χ2v) is 6.67. The Morgan fingerprint density at radius 1 is 1.38 bits per heavy atom. The SMILES string of the molecule is O=C(c1ccco1)N1C2CCC1CN(Cc1nccs1)C2. The van der Waals surface area contributed by atoms with Gasteiger partial charge in [0.15, 0.2) is 5.76 Å². The standard InChI is InChI=1S/C15H17N3O2S/c19-15(13-2-1-6-20-13)18-11-3-4-12(18)9-17(8-11)10-14-16-5-7-21-14/h1-2,5-7,11-12H,3-4,8-10H2. The smallest absolute Gasteiger partial charge is 0.290 e. The molecule has 0 aromatic carbocycles. The average Bonchev–Trinajstić information content (AvgIpc) is 3.20. The molecule has 2 aliphatic rings. The van der Waals surface area contributed by atoms with Crippen molar-refractivity contribution in [2.24, 2.45) is 0 Å². The van der Waals surface area contributed by atoms with Crippen LogP contribution in [0.4, 0.5) is 0 Å². The molecule has 4 heterocycles. The number of fused-ring (bicyclic) bond motifs is 2. The fraction of sp³-hybridized carbons (Fsp3) is 0.467. The van der Waals surface area contributed by atoms with Gasteiger partial charge in [0.05, 0.1) is 12.8 Å². The summed E-state index contributed by atoms with van der Waals surface area (Å²) in [6, 6.07) is 4.14. The summed E-state index contributed by atoms with van der Waals surface area (Å²) in [6.45, 7) is 2.76. The Balaban J connectivity index is 1.47. The second kappa shape index (κ2) is 5.27. The number of amides is 1. The molecule has 2 unspecified atom stereocenters. The summed E-state index contributed by atoms with van der Waals surface area (Å²) >= 11 is 1.70. The fourth-order valence-corrected chi connectivity index (χ4v) is 4.16. The van der Waals surface area contributed by atoms with E-state index in [1.54, 1.807) is 29.7 Å². The van der Waals surface area contributed by atoms with E-state index in [0.717, 1.165) is 37.5 Å². The summed E-state index contributed by atoms with van der Waals surface area (Å²) in [6.07, 6.45) is 5.59. The molecule has 6 heteroatoms. The van der Waals surface area contributed by atoms with Crippen LogP contribution in [-0.2, 0) is 6.54 Å². The lowest BCUT2D eigenvalue weighted by Crippen LogP contribution is -2.55. The van der Waals surface area contributed by atoms with Gasteiger partial charge in [-0.15, -0.1) is 11.3 Å². The topological polar surface area (TPSA) is 49.6 Å². The Morgan fingerprint density at radius 3 is 2.81 bits per heavy atom. The molecule has 2 fully saturated rings. The summed E-state index contributed by atoms with van der Waals surface area (Å²) in [5.41, 5.74) is 0. The quantitative estimate of drug-likeness (QED) is 0.872. The van der Waals surface area contributed by atoms with E-state index < -0.39 is 0 Å². The van der Waals surface area contributed by atoms with E-state index in [2.05, 4.69) is 9.88 Å². The van der Waals surface area contributed by atoms with Crippen molar-refractivity contribution in [1.29, 1.82) is 0 Å². The molecule has 2 aliphatic heterocycles. The predicted octanol–water partition coefficient (Wildman–Crippen LogP) is 2.23. The largest absolute Gasteiger partial charge is 0.459 e. The Morgan fingerprint density at radius 2 is 2.19 bits per heavy atom. The van der Waals surface area contributed by atoms with E-state index in [0.29, 0.717) is 17.8 Å². The molecule has 2 aromatic heterocycles. The molecule has 2 aromatic rings. The van der Waals surface area contributed by atoms with Crippen LogP contribution < -0.4 is 0 Å².